The van der Waals surface area contributed by atoms with Gasteiger partial charge in [-0.15, -0.1) is 0 Å². The predicted octanol–water partition coefficient (Wildman–Crippen LogP) is 2.32. The molecule has 6 heteroatoms. The quantitative estimate of drug-likeness (QED) is 0.383. The molecule has 0 saturated heterocycles. The molecule has 0 bridgehead atoms. The van der Waals surface area contributed by atoms with Gasteiger partial charge in [0.1, 0.15) is 5.84 Å². The van der Waals surface area contributed by atoms with Crippen molar-refractivity contribution < 1.29 is 14.4 Å². The lowest BCUT2D eigenvalue weighted by Gasteiger charge is -2.04. The summed E-state index contributed by atoms with van der Waals surface area (Å²) in [5.41, 5.74) is 7.75. The molecule has 2 aromatic carbocycles. The molecular formula is C17H17N3O3. The minimum atomic E-state index is -0.561. The standard InChI is InChI=1S/C17H17N3O3/c1-12(21)19-15-9-7-13(8-10-15)11-16(18)20-23-17(22)14-5-3-2-4-6-14/h2-10H,11H2,1H3,(H2,18,20)(H,19,21). The molecule has 1 amide bonds. The molecule has 6 nitrogen and oxygen atoms in total. The molecule has 0 fully saturated rings. The maximum atomic E-state index is 11.7. The van der Waals surface area contributed by atoms with E-state index in [1.54, 1.807) is 42.5 Å². The van der Waals surface area contributed by atoms with Crippen LogP contribution < -0.4 is 11.1 Å². The summed E-state index contributed by atoms with van der Waals surface area (Å²) in [6.45, 7) is 1.44. The van der Waals surface area contributed by atoms with Crippen LogP contribution in [0.25, 0.3) is 0 Å². The molecule has 0 aromatic heterocycles. The summed E-state index contributed by atoms with van der Waals surface area (Å²) in [6, 6.07) is 15.7. The molecule has 0 heterocycles. The van der Waals surface area contributed by atoms with E-state index >= 15 is 0 Å². The van der Waals surface area contributed by atoms with Crippen molar-refractivity contribution in [2.45, 2.75) is 13.3 Å². The van der Waals surface area contributed by atoms with E-state index in [1.807, 2.05) is 12.1 Å². The maximum Gasteiger partial charge on any atom is 0.365 e. The Hall–Kier alpha value is -3.15. The number of hydrogen-bond donors (Lipinski definition) is 2. The normalized spacial score (nSPS) is 10.9. The first-order chi connectivity index (χ1) is 11.0. The Labute approximate surface area is 133 Å². The number of oxime groups is 1. The van der Waals surface area contributed by atoms with Crippen molar-refractivity contribution in [3.05, 3.63) is 65.7 Å². The summed E-state index contributed by atoms with van der Waals surface area (Å²) in [5, 5.41) is 6.32. The number of benzene rings is 2. The van der Waals surface area contributed by atoms with Gasteiger partial charge in [0.25, 0.3) is 0 Å². The van der Waals surface area contributed by atoms with Gasteiger partial charge in [-0.2, -0.15) is 0 Å². The van der Waals surface area contributed by atoms with E-state index in [0.717, 1.165) is 5.56 Å². The Bertz CT molecular complexity index is 710. The average molecular weight is 311 g/mol. The Balaban J connectivity index is 1.92. The summed E-state index contributed by atoms with van der Waals surface area (Å²) in [5.74, 6) is -0.511. The van der Waals surface area contributed by atoms with Gasteiger partial charge >= 0.3 is 5.97 Å². The third kappa shape index (κ3) is 5.28. The van der Waals surface area contributed by atoms with E-state index in [-0.39, 0.29) is 11.7 Å². The van der Waals surface area contributed by atoms with Gasteiger partial charge in [-0.25, -0.2) is 4.79 Å². The number of amides is 1. The highest BCUT2D eigenvalue weighted by molar-refractivity contribution is 5.90. The first-order valence-corrected chi connectivity index (χ1v) is 7.00. The van der Waals surface area contributed by atoms with Gasteiger partial charge in [-0.05, 0) is 29.8 Å². The molecule has 0 radical (unpaired) electrons. The number of carbonyl (C=O) groups is 2. The second-order valence-electron chi connectivity index (χ2n) is 4.88. The number of nitrogens with one attached hydrogen (secondary N) is 1. The smallest absolute Gasteiger partial charge is 0.365 e. The third-order valence-corrected chi connectivity index (χ3v) is 2.91. The molecule has 2 aromatic rings. The zero-order valence-corrected chi connectivity index (χ0v) is 12.7. The van der Waals surface area contributed by atoms with Gasteiger partial charge in [0.15, 0.2) is 0 Å². The Morgan fingerprint density at radius 3 is 2.35 bits per heavy atom. The lowest BCUT2D eigenvalue weighted by Crippen LogP contribution is -2.16. The molecule has 0 aliphatic heterocycles. The van der Waals surface area contributed by atoms with Crippen LogP contribution in [0.5, 0.6) is 0 Å². The van der Waals surface area contributed by atoms with Crippen molar-refractivity contribution in [1.29, 1.82) is 0 Å². The number of rotatable bonds is 5. The highest BCUT2D eigenvalue weighted by Crippen LogP contribution is 2.10. The largest absolute Gasteiger partial charge is 0.384 e. The third-order valence-electron chi connectivity index (χ3n) is 2.91. The van der Waals surface area contributed by atoms with Crippen LogP contribution >= 0.6 is 0 Å². The summed E-state index contributed by atoms with van der Waals surface area (Å²) < 4.78 is 0. The highest BCUT2D eigenvalue weighted by Gasteiger charge is 2.06. The van der Waals surface area contributed by atoms with Crippen LogP contribution in [0.1, 0.15) is 22.8 Å². The topological polar surface area (TPSA) is 93.8 Å². The second-order valence-corrected chi connectivity index (χ2v) is 4.88. The molecule has 0 saturated carbocycles. The molecule has 23 heavy (non-hydrogen) atoms. The van der Waals surface area contributed by atoms with E-state index in [1.165, 1.54) is 6.92 Å². The van der Waals surface area contributed by atoms with Gasteiger partial charge in [0.2, 0.25) is 5.91 Å². The number of anilines is 1. The van der Waals surface area contributed by atoms with Crippen LogP contribution in [-0.2, 0) is 16.1 Å². The van der Waals surface area contributed by atoms with E-state index in [2.05, 4.69) is 10.5 Å². The first-order valence-electron chi connectivity index (χ1n) is 7.00. The lowest BCUT2D eigenvalue weighted by atomic mass is 10.1. The fourth-order valence-corrected chi connectivity index (χ4v) is 1.88. The molecule has 0 atom stereocenters. The van der Waals surface area contributed by atoms with Gasteiger partial charge < -0.3 is 15.9 Å². The van der Waals surface area contributed by atoms with Crippen LogP contribution in [0.4, 0.5) is 5.69 Å². The minimum absolute atomic E-state index is 0.133. The van der Waals surface area contributed by atoms with Crippen molar-refractivity contribution in [2.75, 3.05) is 5.32 Å². The van der Waals surface area contributed by atoms with E-state index < -0.39 is 5.97 Å². The fraction of sp³-hybridized carbons (Fsp3) is 0.118. The van der Waals surface area contributed by atoms with Crippen molar-refractivity contribution in [2.24, 2.45) is 10.9 Å². The zero-order chi connectivity index (χ0) is 16.7. The fourth-order valence-electron chi connectivity index (χ4n) is 1.88. The number of nitrogens with zero attached hydrogens (tertiary/aromatic N) is 1. The molecule has 0 aliphatic carbocycles. The molecule has 2 rings (SSSR count). The van der Waals surface area contributed by atoms with Crippen molar-refractivity contribution >= 4 is 23.4 Å². The Kier molecular flexibility index (Phi) is 5.46. The Morgan fingerprint density at radius 1 is 1.09 bits per heavy atom. The summed E-state index contributed by atoms with van der Waals surface area (Å²) in [4.78, 5) is 27.5. The monoisotopic (exact) mass is 311 g/mol. The van der Waals surface area contributed by atoms with Crippen LogP contribution in [0.15, 0.2) is 59.8 Å². The van der Waals surface area contributed by atoms with Gasteiger partial charge in [0, 0.05) is 19.0 Å². The molecule has 3 N–H and O–H groups in total. The van der Waals surface area contributed by atoms with Crippen LogP contribution in [0.3, 0.4) is 0 Å². The number of carbonyl (C=O) groups excluding carboxylic acids is 2. The SMILES string of the molecule is CC(=O)Nc1ccc(C/C(N)=N\OC(=O)c2ccccc2)cc1. The van der Waals surface area contributed by atoms with Crippen molar-refractivity contribution in [1.82, 2.24) is 0 Å². The molecular weight excluding hydrogens is 294 g/mol. The van der Waals surface area contributed by atoms with Crippen LogP contribution in [-0.4, -0.2) is 17.7 Å². The number of nitrogens with two attached hydrogens (primary N) is 1. The van der Waals surface area contributed by atoms with Gasteiger partial charge in [-0.3, -0.25) is 4.79 Å². The van der Waals surface area contributed by atoms with Crippen molar-refractivity contribution in [3.63, 3.8) is 0 Å². The van der Waals surface area contributed by atoms with E-state index in [0.29, 0.717) is 17.7 Å². The van der Waals surface area contributed by atoms with Crippen LogP contribution in [0, 0.1) is 0 Å². The second kappa shape index (κ2) is 7.74. The number of hydrogen-bond acceptors (Lipinski definition) is 4. The molecule has 0 unspecified atom stereocenters. The van der Waals surface area contributed by atoms with E-state index in [9.17, 15) is 9.59 Å². The maximum absolute atomic E-state index is 11.7. The summed E-state index contributed by atoms with van der Waals surface area (Å²) in [7, 11) is 0. The van der Waals surface area contributed by atoms with Gasteiger partial charge in [-0.1, -0.05) is 35.5 Å². The highest BCUT2D eigenvalue weighted by atomic mass is 16.7. The number of amidine groups is 1. The Morgan fingerprint density at radius 2 is 1.74 bits per heavy atom. The lowest BCUT2D eigenvalue weighted by molar-refractivity contribution is -0.114. The van der Waals surface area contributed by atoms with Crippen molar-refractivity contribution in [3.8, 4) is 0 Å². The van der Waals surface area contributed by atoms with E-state index in [4.69, 9.17) is 10.6 Å². The summed E-state index contributed by atoms with van der Waals surface area (Å²) >= 11 is 0. The molecule has 0 aliphatic rings. The summed E-state index contributed by atoms with van der Waals surface area (Å²) in [6.07, 6.45) is 0.336. The zero-order valence-electron chi connectivity index (χ0n) is 12.7. The average Bonchev–Trinajstić information content (AvgIpc) is 2.55. The first kappa shape index (κ1) is 16.2. The van der Waals surface area contributed by atoms with Gasteiger partial charge in [0.05, 0.1) is 5.56 Å². The van der Waals surface area contributed by atoms with Crippen LogP contribution in [0.2, 0.25) is 0 Å². The predicted molar refractivity (Wildman–Crippen MR) is 87.9 cm³/mol. The molecule has 118 valence electrons. The molecule has 0 spiro atoms. The minimum Gasteiger partial charge on any atom is -0.384 e.